The number of ether oxygens (including phenoxy) is 2. The normalized spacial score (nSPS) is 18.9. The number of rotatable bonds is 2. The number of hydrogen-bond donors (Lipinski definition) is 1. The molecule has 4 nitrogen and oxygen atoms in total. The Kier molecular flexibility index (Phi) is 4.88. The number of benzene rings is 1. The first kappa shape index (κ1) is 15.4. The van der Waals surface area contributed by atoms with E-state index in [4.69, 9.17) is 0 Å². The Bertz CT molecular complexity index is 453. The summed E-state index contributed by atoms with van der Waals surface area (Å²) < 4.78 is 44.7. The third-order valence-electron chi connectivity index (χ3n) is 2.43. The van der Waals surface area contributed by atoms with Crippen LogP contribution in [0, 0.1) is 0 Å². The molecule has 1 aromatic carbocycles. The fourth-order valence-electron chi connectivity index (χ4n) is 1.70. The fraction of sp³-hybridized carbons (Fsp3) is 0.364. The second kappa shape index (κ2) is 6.01. The van der Waals surface area contributed by atoms with Gasteiger partial charge in [0.1, 0.15) is 5.75 Å². The lowest BCUT2D eigenvalue weighted by Crippen LogP contribution is -2.35. The number of cyclic esters (lactones) is 1. The maximum Gasteiger partial charge on any atom is 0.573 e. The van der Waals surface area contributed by atoms with E-state index in [0.29, 0.717) is 12.0 Å². The highest BCUT2D eigenvalue weighted by Crippen LogP contribution is 2.27. The van der Waals surface area contributed by atoms with E-state index in [1.54, 1.807) is 6.07 Å². The summed E-state index contributed by atoms with van der Waals surface area (Å²) in [5.41, 5.74) is 0.549. The zero-order valence-corrected chi connectivity index (χ0v) is 10.4. The van der Waals surface area contributed by atoms with Gasteiger partial charge < -0.3 is 14.8 Å². The first-order valence-corrected chi connectivity index (χ1v) is 5.23. The number of amides is 1. The molecule has 1 aliphatic heterocycles. The van der Waals surface area contributed by atoms with Gasteiger partial charge in [-0.15, -0.1) is 25.6 Å². The monoisotopic (exact) mass is 297 g/mol. The van der Waals surface area contributed by atoms with Crippen molar-refractivity contribution >= 4 is 18.5 Å². The highest BCUT2D eigenvalue weighted by molar-refractivity contribution is 5.85. The van der Waals surface area contributed by atoms with E-state index in [9.17, 15) is 18.0 Å². The van der Waals surface area contributed by atoms with Gasteiger partial charge >= 0.3 is 12.5 Å². The highest BCUT2D eigenvalue weighted by Gasteiger charge is 2.31. The SMILES string of the molecule is Cl.O=C1N[C@@H](c2cccc(OC(F)(F)F)c2)CCO1. The number of nitrogens with one attached hydrogen (secondary N) is 1. The molecule has 0 radical (unpaired) electrons. The molecule has 1 aliphatic rings. The Morgan fingerprint density at radius 1 is 1.37 bits per heavy atom. The minimum atomic E-state index is -4.72. The summed E-state index contributed by atoms with van der Waals surface area (Å²) in [6, 6.07) is 5.17. The van der Waals surface area contributed by atoms with Gasteiger partial charge in [-0.05, 0) is 17.7 Å². The number of hydrogen-bond acceptors (Lipinski definition) is 3. The summed E-state index contributed by atoms with van der Waals surface area (Å²) in [4.78, 5) is 11.0. The summed E-state index contributed by atoms with van der Waals surface area (Å²) in [7, 11) is 0. The van der Waals surface area contributed by atoms with E-state index in [2.05, 4.69) is 14.8 Å². The number of alkyl halides is 3. The lowest BCUT2D eigenvalue weighted by atomic mass is 10.0. The van der Waals surface area contributed by atoms with Crippen LogP contribution in [0.1, 0.15) is 18.0 Å². The smallest absolute Gasteiger partial charge is 0.449 e. The van der Waals surface area contributed by atoms with Crippen LogP contribution in [0.3, 0.4) is 0 Å². The van der Waals surface area contributed by atoms with Crippen molar-refractivity contribution in [3.8, 4) is 5.75 Å². The van der Waals surface area contributed by atoms with Crippen LogP contribution in [0.2, 0.25) is 0 Å². The molecule has 0 saturated carbocycles. The van der Waals surface area contributed by atoms with Crippen LogP contribution in [0.4, 0.5) is 18.0 Å². The number of carbonyl (C=O) groups excluding carboxylic acids is 1. The molecule has 1 aromatic rings. The van der Waals surface area contributed by atoms with Gasteiger partial charge in [-0.1, -0.05) is 12.1 Å². The maximum atomic E-state index is 12.1. The number of halogens is 4. The summed E-state index contributed by atoms with van der Waals surface area (Å²) in [6.07, 6.45) is -4.80. The van der Waals surface area contributed by atoms with Crippen LogP contribution in [0.25, 0.3) is 0 Å². The van der Waals surface area contributed by atoms with E-state index >= 15 is 0 Å². The highest BCUT2D eigenvalue weighted by atomic mass is 35.5. The Morgan fingerprint density at radius 2 is 2.11 bits per heavy atom. The van der Waals surface area contributed by atoms with E-state index < -0.39 is 12.5 Å². The van der Waals surface area contributed by atoms with Crippen molar-refractivity contribution in [3.05, 3.63) is 29.8 Å². The van der Waals surface area contributed by atoms with Crippen molar-refractivity contribution < 1.29 is 27.4 Å². The molecule has 1 amide bonds. The second-order valence-corrected chi connectivity index (χ2v) is 3.74. The van der Waals surface area contributed by atoms with E-state index in [0.717, 1.165) is 0 Å². The largest absolute Gasteiger partial charge is 0.573 e. The summed E-state index contributed by atoms with van der Waals surface area (Å²) in [6.45, 7) is 0.237. The van der Waals surface area contributed by atoms with Gasteiger partial charge in [-0.25, -0.2) is 4.79 Å². The van der Waals surface area contributed by atoms with E-state index in [-0.39, 0.29) is 30.8 Å². The van der Waals surface area contributed by atoms with Crippen molar-refractivity contribution in [2.45, 2.75) is 18.8 Å². The van der Waals surface area contributed by atoms with Crippen molar-refractivity contribution in [2.24, 2.45) is 0 Å². The Hall–Kier alpha value is -1.63. The van der Waals surface area contributed by atoms with Gasteiger partial charge in [0.2, 0.25) is 0 Å². The molecule has 19 heavy (non-hydrogen) atoms. The van der Waals surface area contributed by atoms with E-state index in [1.165, 1.54) is 18.2 Å². The molecule has 0 bridgehead atoms. The molecule has 2 rings (SSSR count). The third-order valence-corrected chi connectivity index (χ3v) is 2.43. The minimum Gasteiger partial charge on any atom is -0.449 e. The van der Waals surface area contributed by atoms with Gasteiger partial charge in [-0.2, -0.15) is 0 Å². The van der Waals surface area contributed by atoms with Gasteiger partial charge in [0.15, 0.2) is 0 Å². The molecular weight excluding hydrogens is 287 g/mol. The standard InChI is InChI=1S/C11H10F3NO3.ClH/c12-11(13,14)18-8-3-1-2-7(6-8)9-4-5-17-10(16)15-9;/h1-3,6,9H,4-5H2,(H,15,16);1H/t9-;/m1./s1. The average Bonchev–Trinajstić information content (AvgIpc) is 2.27. The van der Waals surface area contributed by atoms with Gasteiger partial charge in [0.05, 0.1) is 12.6 Å². The maximum absolute atomic E-state index is 12.1. The molecule has 0 aromatic heterocycles. The summed E-state index contributed by atoms with van der Waals surface area (Å²) in [5, 5.41) is 2.52. The zero-order chi connectivity index (χ0) is 13.2. The third kappa shape index (κ3) is 4.51. The topological polar surface area (TPSA) is 47.6 Å². The van der Waals surface area contributed by atoms with Crippen LogP contribution in [-0.4, -0.2) is 19.1 Å². The van der Waals surface area contributed by atoms with E-state index in [1.807, 2.05) is 0 Å². The first-order chi connectivity index (χ1) is 8.44. The Labute approximate surface area is 113 Å². The predicted molar refractivity (Wildman–Crippen MR) is 62.2 cm³/mol. The molecule has 1 fully saturated rings. The van der Waals surface area contributed by atoms with Crippen molar-refractivity contribution in [1.82, 2.24) is 5.32 Å². The van der Waals surface area contributed by atoms with Crippen LogP contribution in [-0.2, 0) is 4.74 Å². The second-order valence-electron chi connectivity index (χ2n) is 3.74. The van der Waals surface area contributed by atoms with Crippen LogP contribution < -0.4 is 10.1 Å². The Morgan fingerprint density at radius 3 is 2.74 bits per heavy atom. The lowest BCUT2D eigenvalue weighted by Gasteiger charge is -2.24. The van der Waals surface area contributed by atoms with Crippen LogP contribution >= 0.6 is 12.4 Å². The average molecular weight is 298 g/mol. The number of carbonyl (C=O) groups is 1. The first-order valence-electron chi connectivity index (χ1n) is 5.23. The van der Waals surface area contributed by atoms with Crippen LogP contribution in [0.15, 0.2) is 24.3 Å². The van der Waals surface area contributed by atoms with Crippen molar-refractivity contribution in [3.63, 3.8) is 0 Å². The molecule has 1 N–H and O–H groups in total. The fourth-order valence-corrected chi connectivity index (χ4v) is 1.70. The molecule has 1 saturated heterocycles. The molecule has 1 heterocycles. The van der Waals surface area contributed by atoms with Crippen LogP contribution in [0.5, 0.6) is 5.75 Å². The quantitative estimate of drug-likeness (QED) is 0.912. The van der Waals surface area contributed by atoms with Gasteiger partial charge in [0, 0.05) is 6.42 Å². The molecule has 8 heteroatoms. The van der Waals surface area contributed by atoms with Gasteiger partial charge in [0.25, 0.3) is 0 Å². The molecule has 0 spiro atoms. The van der Waals surface area contributed by atoms with Gasteiger partial charge in [-0.3, -0.25) is 0 Å². The zero-order valence-electron chi connectivity index (χ0n) is 9.57. The predicted octanol–water partition coefficient (Wildman–Crippen LogP) is 3.18. The lowest BCUT2D eigenvalue weighted by molar-refractivity contribution is -0.274. The minimum absolute atomic E-state index is 0. The Balaban J connectivity index is 0.00000180. The van der Waals surface area contributed by atoms with Crippen molar-refractivity contribution in [1.29, 1.82) is 0 Å². The molecule has 1 atom stereocenters. The van der Waals surface area contributed by atoms with Crippen molar-refractivity contribution in [2.75, 3.05) is 6.61 Å². The molecule has 0 unspecified atom stereocenters. The number of alkyl carbamates (subject to hydrolysis) is 1. The summed E-state index contributed by atoms with van der Waals surface area (Å²) in [5.74, 6) is -0.305. The molecule has 106 valence electrons. The molecular formula is C11H11ClF3NO3. The molecule has 0 aliphatic carbocycles. The summed E-state index contributed by atoms with van der Waals surface area (Å²) >= 11 is 0.